The van der Waals surface area contributed by atoms with Gasteiger partial charge in [-0.3, -0.25) is 9.69 Å². The Balaban J connectivity index is 1.86. The molecule has 1 saturated heterocycles. The third-order valence-electron chi connectivity index (χ3n) is 4.33. The molecule has 8 heteroatoms. The van der Waals surface area contributed by atoms with Crippen LogP contribution >= 0.6 is 0 Å². The molecule has 1 fully saturated rings. The lowest BCUT2D eigenvalue weighted by Gasteiger charge is -2.29. The highest BCUT2D eigenvalue weighted by atomic mass is 32.2. The van der Waals surface area contributed by atoms with Crippen molar-refractivity contribution in [3.8, 4) is 0 Å². The number of sulfonamides is 1. The monoisotopic (exact) mass is 383 g/mol. The van der Waals surface area contributed by atoms with Crippen LogP contribution in [0, 0.1) is 13.8 Å². The van der Waals surface area contributed by atoms with Crippen molar-refractivity contribution in [2.75, 3.05) is 57.5 Å². The van der Waals surface area contributed by atoms with E-state index in [2.05, 4.69) is 10.2 Å². The van der Waals surface area contributed by atoms with Crippen molar-refractivity contribution in [2.45, 2.75) is 20.3 Å². The zero-order chi connectivity index (χ0) is 19.2. The second-order valence-electron chi connectivity index (χ2n) is 6.79. The van der Waals surface area contributed by atoms with Crippen molar-refractivity contribution in [3.63, 3.8) is 0 Å². The van der Waals surface area contributed by atoms with E-state index in [0.717, 1.165) is 29.9 Å². The van der Waals surface area contributed by atoms with Crippen LogP contribution in [0.15, 0.2) is 18.2 Å². The number of carbonyl (C=O) groups excluding carboxylic acids is 1. The molecule has 1 heterocycles. The number of aryl methyl sites for hydroxylation is 2. The Morgan fingerprint density at radius 2 is 1.77 bits per heavy atom. The smallest absolute Gasteiger partial charge is 0.225 e. The molecule has 0 saturated carbocycles. The highest BCUT2D eigenvalue weighted by Gasteiger charge is 2.20. The maximum atomic E-state index is 12.2. The second-order valence-corrected chi connectivity index (χ2v) is 8.77. The number of rotatable bonds is 8. The molecule has 0 atom stereocenters. The average molecular weight is 384 g/mol. The largest absolute Gasteiger partial charge is 0.379 e. The molecule has 0 spiro atoms. The number of hydrogen-bond acceptors (Lipinski definition) is 5. The van der Waals surface area contributed by atoms with E-state index in [1.165, 1.54) is 10.6 Å². The molecule has 146 valence electrons. The molecule has 1 N–H and O–H groups in total. The van der Waals surface area contributed by atoms with Gasteiger partial charge in [0.1, 0.15) is 0 Å². The fraction of sp³-hybridized carbons (Fsp3) is 0.611. The first-order valence-electron chi connectivity index (χ1n) is 8.87. The zero-order valence-corrected chi connectivity index (χ0v) is 16.6. The minimum Gasteiger partial charge on any atom is -0.379 e. The van der Waals surface area contributed by atoms with Crippen LogP contribution in [0.1, 0.15) is 17.5 Å². The highest BCUT2D eigenvalue weighted by Crippen LogP contribution is 2.14. The lowest BCUT2D eigenvalue weighted by atomic mass is 10.1. The van der Waals surface area contributed by atoms with E-state index in [4.69, 9.17) is 4.74 Å². The number of carbonyl (C=O) groups is 1. The van der Waals surface area contributed by atoms with E-state index in [-0.39, 0.29) is 18.9 Å². The molecular weight excluding hydrogens is 354 g/mol. The van der Waals surface area contributed by atoms with Gasteiger partial charge in [-0.25, -0.2) is 12.7 Å². The van der Waals surface area contributed by atoms with Crippen molar-refractivity contribution in [1.29, 1.82) is 0 Å². The number of ether oxygens (including phenoxy) is 1. The minimum absolute atomic E-state index is 0.128. The van der Waals surface area contributed by atoms with Crippen LogP contribution in [0.5, 0.6) is 0 Å². The molecule has 26 heavy (non-hydrogen) atoms. The number of amides is 1. The Bertz CT molecular complexity index is 695. The summed E-state index contributed by atoms with van der Waals surface area (Å²) in [5.74, 6) is -0.185. The highest BCUT2D eigenvalue weighted by molar-refractivity contribution is 7.88. The number of benzene rings is 1. The summed E-state index contributed by atoms with van der Waals surface area (Å²) >= 11 is 0. The van der Waals surface area contributed by atoms with E-state index >= 15 is 0 Å². The van der Waals surface area contributed by atoms with Gasteiger partial charge in [0, 0.05) is 44.8 Å². The van der Waals surface area contributed by atoms with Gasteiger partial charge in [0.25, 0.3) is 0 Å². The zero-order valence-electron chi connectivity index (χ0n) is 15.8. The third kappa shape index (κ3) is 7.03. The Morgan fingerprint density at radius 3 is 2.35 bits per heavy atom. The summed E-state index contributed by atoms with van der Waals surface area (Å²) in [6.07, 6.45) is 1.32. The van der Waals surface area contributed by atoms with Crippen molar-refractivity contribution in [3.05, 3.63) is 29.3 Å². The topological polar surface area (TPSA) is 79.0 Å². The first kappa shape index (κ1) is 20.8. The second kappa shape index (κ2) is 9.45. The van der Waals surface area contributed by atoms with Crippen molar-refractivity contribution in [2.24, 2.45) is 0 Å². The van der Waals surface area contributed by atoms with Crippen molar-refractivity contribution in [1.82, 2.24) is 9.21 Å². The summed E-state index contributed by atoms with van der Waals surface area (Å²) in [6.45, 7) is 8.13. The van der Waals surface area contributed by atoms with Crippen LogP contribution in [0.3, 0.4) is 0 Å². The Morgan fingerprint density at radius 1 is 1.15 bits per heavy atom. The summed E-state index contributed by atoms with van der Waals surface area (Å²) in [5, 5.41) is 2.85. The predicted molar refractivity (Wildman–Crippen MR) is 103 cm³/mol. The van der Waals surface area contributed by atoms with Gasteiger partial charge in [-0.1, -0.05) is 6.07 Å². The molecule has 2 rings (SSSR count). The predicted octanol–water partition coefficient (Wildman–Crippen LogP) is 1.23. The number of morpholine rings is 1. The van der Waals surface area contributed by atoms with E-state index in [9.17, 15) is 13.2 Å². The Kier molecular flexibility index (Phi) is 7.57. The van der Waals surface area contributed by atoms with Gasteiger partial charge in [0.2, 0.25) is 15.9 Å². The van der Waals surface area contributed by atoms with Gasteiger partial charge < -0.3 is 10.1 Å². The number of hydrogen-bond donors (Lipinski definition) is 1. The molecule has 7 nitrogen and oxygen atoms in total. The van der Waals surface area contributed by atoms with Crippen LogP contribution < -0.4 is 5.32 Å². The maximum absolute atomic E-state index is 12.2. The molecular formula is C18H29N3O4S. The van der Waals surface area contributed by atoms with Crippen LogP contribution in [-0.2, 0) is 19.6 Å². The van der Waals surface area contributed by atoms with Gasteiger partial charge >= 0.3 is 0 Å². The number of nitrogens with one attached hydrogen (secondary N) is 1. The normalized spacial score (nSPS) is 16.0. The van der Waals surface area contributed by atoms with Gasteiger partial charge in [-0.2, -0.15) is 0 Å². The molecule has 0 bridgehead atoms. The first-order chi connectivity index (χ1) is 12.2. The van der Waals surface area contributed by atoms with E-state index in [0.29, 0.717) is 26.3 Å². The lowest BCUT2D eigenvalue weighted by Crippen LogP contribution is -2.43. The van der Waals surface area contributed by atoms with Gasteiger partial charge in [-0.05, 0) is 37.1 Å². The number of anilines is 1. The molecule has 1 aromatic rings. The molecule has 0 unspecified atom stereocenters. The van der Waals surface area contributed by atoms with Gasteiger partial charge in [0.15, 0.2) is 0 Å². The average Bonchev–Trinajstić information content (AvgIpc) is 2.53. The molecule has 0 aromatic heterocycles. The molecule has 1 aromatic carbocycles. The summed E-state index contributed by atoms with van der Waals surface area (Å²) in [5.41, 5.74) is 2.89. The third-order valence-corrected chi connectivity index (χ3v) is 5.64. The molecule has 1 amide bonds. The summed E-state index contributed by atoms with van der Waals surface area (Å²) in [6, 6.07) is 5.84. The number of nitrogens with zero attached hydrogens (tertiary/aromatic N) is 2. The van der Waals surface area contributed by atoms with E-state index < -0.39 is 10.0 Å². The minimum atomic E-state index is -3.35. The summed E-state index contributed by atoms with van der Waals surface area (Å²) < 4.78 is 30.7. The molecule has 0 aliphatic carbocycles. The standard InChI is InChI=1S/C18H29N3O4S/c1-15-12-16(2)14-17(13-15)19-18(22)4-5-21(26(3,23)24)7-6-20-8-10-25-11-9-20/h12-14H,4-11H2,1-3H3,(H,19,22). The summed E-state index contributed by atoms with van der Waals surface area (Å²) in [7, 11) is -3.35. The molecule has 1 aliphatic rings. The lowest BCUT2D eigenvalue weighted by molar-refractivity contribution is -0.116. The van der Waals surface area contributed by atoms with Gasteiger partial charge in [-0.15, -0.1) is 0 Å². The van der Waals surface area contributed by atoms with Crippen LogP contribution in [-0.4, -0.2) is 75.7 Å². The maximum Gasteiger partial charge on any atom is 0.225 e. The van der Waals surface area contributed by atoms with Crippen LogP contribution in [0.25, 0.3) is 0 Å². The van der Waals surface area contributed by atoms with Crippen LogP contribution in [0.4, 0.5) is 5.69 Å². The summed E-state index contributed by atoms with van der Waals surface area (Å²) in [4.78, 5) is 14.4. The Hall–Kier alpha value is -1.48. The quantitative estimate of drug-likeness (QED) is 0.730. The van der Waals surface area contributed by atoms with Crippen molar-refractivity contribution < 1.29 is 17.9 Å². The van der Waals surface area contributed by atoms with Gasteiger partial charge in [0.05, 0.1) is 19.5 Å². The first-order valence-corrected chi connectivity index (χ1v) is 10.7. The van der Waals surface area contributed by atoms with E-state index in [1.54, 1.807) is 0 Å². The molecule has 1 aliphatic heterocycles. The van der Waals surface area contributed by atoms with Crippen LogP contribution in [0.2, 0.25) is 0 Å². The fourth-order valence-corrected chi connectivity index (χ4v) is 3.85. The SMILES string of the molecule is Cc1cc(C)cc(NC(=O)CCN(CCN2CCOCC2)S(C)(=O)=O)c1. The molecule has 0 radical (unpaired) electrons. The van der Waals surface area contributed by atoms with Crippen molar-refractivity contribution >= 4 is 21.6 Å². The fourth-order valence-electron chi connectivity index (χ4n) is 3.02. The van der Waals surface area contributed by atoms with E-state index in [1.807, 2.05) is 32.0 Å². The Labute approximate surface area is 156 Å².